The van der Waals surface area contributed by atoms with E-state index in [2.05, 4.69) is 240 Å². The second kappa shape index (κ2) is 14.7. The number of hydrogen-bond acceptors (Lipinski definition) is 2. The lowest BCUT2D eigenvalue weighted by atomic mass is 9.92. The number of anilines is 3. The van der Waals surface area contributed by atoms with E-state index < -0.39 is 0 Å². The maximum Gasteiger partial charge on any atom is 0.0619 e. The van der Waals surface area contributed by atoms with Crippen LogP contribution in [0.3, 0.4) is 0 Å². The molecule has 10 aromatic rings. The van der Waals surface area contributed by atoms with Crippen molar-refractivity contribution in [2.75, 3.05) is 4.90 Å². The molecule has 0 amide bonds. The summed E-state index contributed by atoms with van der Waals surface area (Å²) in [6.07, 6.45) is 9.09. The van der Waals surface area contributed by atoms with E-state index in [0.29, 0.717) is 11.2 Å². The smallest absolute Gasteiger partial charge is 0.0619 e. The van der Waals surface area contributed by atoms with Crippen molar-refractivity contribution in [2.24, 2.45) is 0 Å². The van der Waals surface area contributed by atoms with Gasteiger partial charge in [-0.05, 0) is 105 Å². The Bertz CT molecular complexity index is 3320. The Labute approximate surface area is 360 Å². The molecule has 2 heterocycles. The fraction of sp³-hybridized carbons (Fsp3) is 0.0345. The summed E-state index contributed by atoms with van der Waals surface area (Å²) in [5.41, 5.74) is 15.6. The minimum atomic E-state index is 0.380. The molecule has 0 fully saturated rings. The predicted octanol–water partition coefficient (Wildman–Crippen LogP) is 16.1. The summed E-state index contributed by atoms with van der Waals surface area (Å²) in [5.74, 6) is 0.380. The molecule has 0 saturated heterocycles. The molecule has 2 atom stereocenters. The Kier molecular flexibility index (Phi) is 8.60. The maximum atomic E-state index is 2.47. The minimum Gasteiger partial charge on any atom is -0.310 e. The van der Waals surface area contributed by atoms with Crippen molar-refractivity contribution in [1.82, 2.24) is 4.57 Å². The van der Waals surface area contributed by atoms with E-state index >= 15 is 0 Å². The molecule has 1 aromatic heterocycles. The average Bonchev–Trinajstić information content (AvgIpc) is 3.88. The zero-order chi connectivity index (χ0) is 40.3. The molecular formula is C58H40N2S. The van der Waals surface area contributed by atoms with E-state index in [1.54, 1.807) is 0 Å². The summed E-state index contributed by atoms with van der Waals surface area (Å²) in [5, 5.41) is 5.46. The molecule has 288 valence electrons. The molecule has 3 heteroatoms. The Balaban J connectivity index is 1.01. The van der Waals surface area contributed by atoms with E-state index in [9.17, 15) is 0 Å². The monoisotopic (exact) mass is 796 g/mol. The van der Waals surface area contributed by atoms with E-state index in [1.165, 1.54) is 76.4 Å². The first-order valence-electron chi connectivity index (χ1n) is 21.1. The van der Waals surface area contributed by atoms with E-state index in [4.69, 9.17) is 0 Å². The number of thioether (sulfide) groups is 1. The second-order valence-electron chi connectivity index (χ2n) is 16.0. The van der Waals surface area contributed by atoms with Gasteiger partial charge in [0.2, 0.25) is 0 Å². The van der Waals surface area contributed by atoms with Gasteiger partial charge in [0.1, 0.15) is 0 Å². The number of nitrogens with zero attached hydrogens (tertiary/aromatic N) is 2. The molecule has 9 aromatic carbocycles. The standard InChI is InChI=1S/C58H40N2S/c1-3-13-39(14-4-1)40-23-28-44(29-24-40)59(46-33-36-57-54(38-46)51-20-10-12-22-56(51)61-57)45-30-25-43(26-31-45)53-37-47(32-35-48(53)41-15-5-2-6-16-41)60-55-21-11-9-19-50(55)52-34-27-42-17-7-8-18-49(42)58(52)60/h1-38,51,56H. The fourth-order valence-corrected chi connectivity index (χ4v) is 10.9. The zero-order valence-electron chi connectivity index (χ0n) is 33.4. The van der Waals surface area contributed by atoms with Gasteiger partial charge in [0.05, 0.1) is 11.0 Å². The van der Waals surface area contributed by atoms with Gasteiger partial charge in [-0.1, -0.05) is 170 Å². The van der Waals surface area contributed by atoms with Gasteiger partial charge < -0.3 is 9.47 Å². The summed E-state index contributed by atoms with van der Waals surface area (Å²) < 4.78 is 2.47. The van der Waals surface area contributed by atoms with Gasteiger partial charge in [-0.15, -0.1) is 11.8 Å². The second-order valence-corrected chi connectivity index (χ2v) is 17.2. The first-order chi connectivity index (χ1) is 30.2. The summed E-state index contributed by atoms with van der Waals surface area (Å²) in [4.78, 5) is 3.78. The van der Waals surface area contributed by atoms with Gasteiger partial charge in [-0.25, -0.2) is 0 Å². The van der Waals surface area contributed by atoms with Crippen LogP contribution in [0.4, 0.5) is 17.1 Å². The lowest BCUT2D eigenvalue weighted by molar-refractivity contribution is 0.880. The first-order valence-corrected chi connectivity index (χ1v) is 22.0. The number of rotatable bonds is 7. The van der Waals surface area contributed by atoms with E-state index in [-0.39, 0.29) is 0 Å². The molecule has 12 rings (SSSR count). The Hall–Kier alpha value is -7.33. The number of para-hydroxylation sites is 1. The molecule has 0 saturated carbocycles. The van der Waals surface area contributed by atoms with E-state index in [0.717, 1.165) is 22.7 Å². The molecule has 0 N–H and O–H groups in total. The van der Waals surface area contributed by atoms with Gasteiger partial charge in [-0.2, -0.15) is 0 Å². The molecule has 2 nitrogen and oxygen atoms in total. The summed E-state index contributed by atoms with van der Waals surface area (Å²) in [7, 11) is 0. The Morgan fingerprint density at radius 2 is 1.05 bits per heavy atom. The van der Waals surface area contributed by atoms with Crippen molar-refractivity contribution in [3.05, 3.63) is 236 Å². The van der Waals surface area contributed by atoms with Crippen molar-refractivity contribution in [3.8, 4) is 39.1 Å². The minimum absolute atomic E-state index is 0.380. The van der Waals surface area contributed by atoms with Gasteiger partial charge >= 0.3 is 0 Å². The number of hydrogen-bond donors (Lipinski definition) is 0. The predicted molar refractivity (Wildman–Crippen MR) is 260 cm³/mol. The molecule has 0 bridgehead atoms. The summed E-state index contributed by atoms with van der Waals surface area (Å²) >= 11 is 1.97. The number of benzene rings is 9. The van der Waals surface area contributed by atoms with Gasteiger partial charge in [0.25, 0.3) is 0 Å². The van der Waals surface area contributed by atoms with Gasteiger partial charge in [-0.3, -0.25) is 0 Å². The molecule has 1 aliphatic carbocycles. The summed E-state index contributed by atoms with van der Waals surface area (Å²) in [6, 6.07) is 75.8. The quantitative estimate of drug-likeness (QED) is 0.159. The first kappa shape index (κ1) is 35.6. The van der Waals surface area contributed by atoms with Gasteiger partial charge in [0, 0.05) is 55.0 Å². The van der Waals surface area contributed by atoms with Crippen LogP contribution in [0.15, 0.2) is 235 Å². The van der Waals surface area contributed by atoms with Crippen molar-refractivity contribution in [1.29, 1.82) is 0 Å². The van der Waals surface area contributed by atoms with Crippen molar-refractivity contribution in [3.63, 3.8) is 0 Å². The molecule has 2 aliphatic rings. The molecule has 61 heavy (non-hydrogen) atoms. The molecule has 1 aliphatic heterocycles. The fourth-order valence-electron chi connectivity index (χ4n) is 9.62. The molecule has 0 spiro atoms. The third-order valence-electron chi connectivity index (χ3n) is 12.5. The number of fused-ring (bicyclic) bond motifs is 8. The average molecular weight is 797 g/mol. The highest BCUT2D eigenvalue weighted by atomic mass is 32.2. The van der Waals surface area contributed by atoms with Crippen LogP contribution in [0.25, 0.3) is 71.6 Å². The molecule has 0 radical (unpaired) electrons. The van der Waals surface area contributed by atoms with Crippen LogP contribution in [0, 0.1) is 0 Å². The highest BCUT2D eigenvalue weighted by Gasteiger charge is 2.32. The van der Waals surface area contributed by atoms with Crippen LogP contribution in [0.1, 0.15) is 11.5 Å². The highest BCUT2D eigenvalue weighted by molar-refractivity contribution is 8.00. The Morgan fingerprint density at radius 1 is 0.426 bits per heavy atom. The normalized spacial score (nSPS) is 15.3. The number of aromatic nitrogens is 1. The van der Waals surface area contributed by atoms with Gasteiger partial charge in [0.15, 0.2) is 0 Å². The van der Waals surface area contributed by atoms with Crippen molar-refractivity contribution in [2.45, 2.75) is 16.1 Å². The molecular weight excluding hydrogens is 757 g/mol. The maximum absolute atomic E-state index is 2.47. The SMILES string of the molecule is C1=CC2Sc3ccc(N(c4ccc(-c5ccccc5)cc4)c4ccc(-c5cc(-n6c7ccccc7c7ccc8ccccc8c76)ccc5-c5ccccc5)cc4)cc3C2C=C1. The lowest BCUT2D eigenvalue weighted by Gasteiger charge is -2.27. The van der Waals surface area contributed by atoms with Crippen LogP contribution < -0.4 is 4.90 Å². The van der Waals surface area contributed by atoms with Crippen LogP contribution in [-0.2, 0) is 0 Å². The van der Waals surface area contributed by atoms with Crippen molar-refractivity contribution >= 4 is 61.4 Å². The largest absolute Gasteiger partial charge is 0.310 e. The number of allylic oxidation sites excluding steroid dienone is 3. The Morgan fingerprint density at radius 3 is 1.84 bits per heavy atom. The third kappa shape index (κ3) is 6.12. The summed E-state index contributed by atoms with van der Waals surface area (Å²) in [6.45, 7) is 0. The zero-order valence-corrected chi connectivity index (χ0v) is 34.2. The lowest BCUT2D eigenvalue weighted by Crippen LogP contribution is -2.11. The van der Waals surface area contributed by atoms with Crippen LogP contribution >= 0.6 is 11.8 Å². The van der Waals surface area contributed by atoms with Crippen LogP contribution in [0.5, 0.6) is 0 Å². The van der Waals surface area contributed by atoms with Crippen LogP contribution in [-0.4, -0.2) is 9.82 Å². The highest BCUT2D eigenvalue weighted by Crippen LogP contribution is 2.50. The van der Waals surface area contributed by atoms with Crippen molar-refractivity contribution < 1.29 is 0 Å². The van der Waals surface area contributed by atoms with Crippen LogP contribution in [0.2, 0.25) is 0 Å². The molecule has 2 unspecified atom stereocenters. The van der Waals surface area contributed by atoms with E-state index in [1.807, 2.05) is 11.8 Å². The third-order valence-corrected chi connectivity index (χ3v) is 13.9. The topological polar surface area (TPSA) is 8.17 Å².